The highest BCUT2D eigenvalue weighted by atomic mass is 16.6. The minimum absolute atomic E-state index is 0.0859. The van der Waals surface area contributed by atoms with Crippen molar-refractivity contribution in [3.8, 4) is 16.9 Å². The minimum atomic E-state index is -0.370. The first-order chi connectivity index (χ1) is 11.2. The molecular formula is C17H17N3O3. The Balaban J connectivity index is 1.80. The first-order valence-electron chi connectivity index (χ1n) is 7.73. The van der Waals surface area contributed by atoms with Crippen molar-refractivity contribution in [2.24, 2.45) is 0 Å². The van der Waals surface area contributed by atoms with Gasteiger partial charge in [0.15, 0.2) is 6.23 Å². The molecule has 0 radical (unpaired) electrons. The number of piperazine rings is 1. The van der Waals surface area contributed by atoms with Crippen LogP contribution >= 0.6 is 0 Å². The number of nitro groups is 1. The smallest absolute Gasteiger partial charge is 0.270 e. The van der Waals surface area contributed by atoms with E-state index in [4.69, 9.17) is 4.74 Å². The first kappa shape index (κ1) is 14.2. The minimum Gasteiger partial charge on any atom is -0.470 e. The van der Waals surface area contributed by atoms with Crippen molar-refractivity contribution >= 4 is 5.69 Å². The summed E-state index contributed by atoms with van der Waals surface area (Å²) in [6.45, 7) is 3.72. The number of nitrogens with one attached hydrogen (secondary N) is 1. The average molecular weight is 311 g/mol. The number of rotatable bonds is 2. The average Bonchev–Trinajstić information content (AvgIpc) is 2.61. The van der Waals surface area contributed by atoms with Crippen molar-refractivity contribution in [3.05, 3.63) is 58.1 Å². The fourth-order valence-corrected chi connectivity index (χ4v) is 3.27. The molecule has 2 heterocycles. The molecule has 0 aromatic heterocycles. The van der Waals surface area contributed by atoms with Gasteiger partial charge >= 0.3 is 0 Å². The van der Waals surface area contributed by atoms with E-state index in [1.54, 1.807) is 12.1 Å². The molecule has 1 fully saturated rings. The number of nitrogens with zero attached hydrogens (tertiary/aromatic N) is 2. The van der Waals surface area contributed by atoms with E-state index in [0.717, 1.165) is 42.9 Å². The summed E-state index contributed by atoms with van der Waals surface area (Å²) in [6, 6.07) is 12.8. The van der Waals surface area contributed by atoms with Gasteiger partial charge in [-0.05, 0) is 11.6 Å². The van der Waals surface area contributed by atoms with Gasteiger partial charge < -0.3 is 10.1 Å². The van der Waals surface area contributed by atoms with E-state index >= 15 is 0 Å². The highest BCUT2D eigenvalue weighted by Crippen LogP contribution is 2.44. The third kappa shape index (κ3) is 2.46. The lowest BCUT2D eigenvalue weighted by Crippen LogP contribution is -2.47. The standard InChI is InChI=1S/C17H17N3O3/c21-20(22)12-5-6-16-15(11-12)13-3-1-2-4-14(13)17(23-16)19-9-7-18-8-10-19/h1-6,11,17-18H,7-10H2. The van der Waals surface area contributed by atoms with E-state index in [9.17, 15) is 10.1 Å². The summed E-state index contributed by atoms with van der Waals surface area (Å²) < 4.78 is 6.21. The number of hydrogen-bond acceptors (Lipinski definition) is 5. The van der Waals surface area contributed by atoms with Crippen LogP contribution in [0, 0.1) is 10.1 Å². The summed E-state index contributed by atoms with van der Waals surface area (Å²) in [7, 11) is 0. The predicted molar refractivity (Wildman–Crippen MR) is 86.3 cm³/mol. The quantitative estimate of drug-likeness (QED) is 0.682. The largest absolute Gasteiger partial charge is 0.470 e. The molecule has 1 unspecified atom stereocenters. The number of nitro benzene ring substituents is 1. The normalized spacial score (nSPS) is 20.3. The molecule has 0 saturated carbocycles. The van der Waals surface area contributed by atoms with Crippen LogP contribution in [0.25, 0.3) is 11.1 Å². The maximum atomic E-state index is 11.1. The molecule has 6 nitrogen and oxygen atoms in total. The highest BCUT2D eigenvalue weighted by molar-refractivity contribution is 5.77. The Hall–Kier alpha value is -2.44. The SMILES string of the molecule is O=[N+]([O-])c1ccc2c(c1)-c1ccccc1C(N1CCNCC1)O2. The van der Waals surface area contributed by atoms with Crippen LogP contribution in [0.4, 0.5) is 5.69 Å². The maximum Gasteiger partial charge on any atom is 0.270 e. The molecular weight excluding hydrogens is 294 g/mol. The third-order valence-electron chi connectivity index (χ3n) is 4.41. The van der Waals surface area contributed by atoms with E-state index in [1.807, 2.05) is 24.3 Å². The molecule has 4 rings (SSSR count). The molecule has 2 aromatic rings. The number of fused-ring (bicyclic) bond motifs is 3. The molecule has 0 amide bonds. The molecule has 23 heavy (non-hydrogen) atoms. The molecule has 2 aliphatic rings. The Labute approximate surface area is 133 Å². The van der Waals surface area contributed by atoms with Gasteiger partial charge in [0.1, 0.15) is 5.75 Å². The topological polar surface area (TPSA) is 67.6 Å². The molecule has 6 heteroatoms. The van der Waals surface area contributed by atoms with E-state index in [2.05, 4.69) is 10.2 Å². The Kier molecular flexibility index (Phi) is 3.48. The second kappa shape index (κ2) is 5.64. The zero-order valence-corrected chi connectivity index (χ0v) is 12.6. The van der Waals surface area contributed by atoms with E-state index in [0.29, 0.717) is 5.75 Å². The van der Waals surface area contributed by atoms with Crippen molar-refractivity contribution < 1.29 is 9.66 Å². The molecule has 2 aromatic carbocycles. The Morgan fingerprint density at radius 2 is 1.91 bits per heavy atom. The number of ether oxygens (including phenoxy) is 1. The summed E-state index contributed by atoms with van der Waals surface area (Å²) in [5.74, 6) is 0.706. The van der Waals surface area contributed by atoms with E-state index in [1.165, 1.54) is 6.07 Å². The van der Waals surface area contributed by atoms with Crippen LogP contribution in [0.2, 0.25) is 0 Å². The van der Waals surface area contributed by atoms with Gasteiger partial charge in [-0.25, -0.2) is 0 Å². The van der Waals surface area contributed by atoms with Gasteiger partial charge in [0.25, 0.3) is 5.69 Å². The van der Waals surface area contributed by atoms with Gasteiger partial charge in [0.2, 0.25) is 0 Å². The number of benzene rings is 2. The molecule has 0 spiro atoms. The van der Waals surface area contributed by atoms with Crippen molar-refractivity contribution in [1.82, 2.24) is 10.2 Å². The zero-order valence-electron chi connectivity index (χ0n) is 12.6. The maximum absolute atomic E-state index is 11.1. The van der Waals surface area contributed by atoms with Gasteiger partial charge in [-0.15, -0.1) is 0 Å². The molecule has 1 N–H and O–H groups in total. The lowest BCUT2D eigenvalue weighted by atomic mass is 9.94. The summed E-state index contributed by atoms with van der Waals surface area (Å²) in [5, 5.41) is 14.4. The highest BCUT2D eigenvalue weighted by Gasteiger charge is 2.31. The van der Waals surface area contributed by atoms with Crippen LogP contribution in [0.1, 0.15) is 11.8 Å². The van der Waals surface area contributed by atoms with Crippen molar-refractivity contribution in [1.29, 1.82) is 0 Å². The Morgan fingerprint density at radius 3 is 2.70 bits per heavy atom. The van der Waals surface area contributed by atoms with Crippen LogP contribution in [0.5, 0.6) is 5.75 Å². The van der Waals surface area contributed by atoms with Crippen molar-refractivity contribution in [3.63, 3.8) is 0 Å². The zero-order chi connectivity index (χ0) is 15.8. The lowest BCUT2D eigenvalue weighted by Gasteiger charge is -2.38. The fourth-order valence-electron chi connectivity index (χ4n) is 3.27. The molecule has 1 atom stereocenters. The summed E-state index contributed by atoms with van der Waals surface area (Å²) in [6.07, 6.45) is -0.137. The van der Waals surface area contributed by atoms with Gasteiger partial charge in [-0.1, -0.05) is 24.3 Å². The van der Waals surface area contributed by atoms with Crippen molar-refractivity contribution in [2.45, 2.75) is 6.23 Å². The van der Waals surface area contributed by atoms with Gasteiger partial charge in [0, 0.05) is 49.4 Å². The molecule has 1 saturated heterocycles. The van der Waals surface area contributed by atoms with E-state index in [-0.39, 0.29) is 16.8 Å². The van der Waals surface area contributed by atoms with Gasteiger partial charge in [-0.3, -0.25) is 15.0 Å². The summed E-state index contributed by atoms with van der Waals surface area (Å²) >= 11 is 0. The second-order valence-corrected chi connectivity index (χ2v) is 5.78. The number of non-ortho nitro benzene ring substituents is 1. The Morgan fingerprint density at radius 1 is 1.13 bits per heavy atom. The lowest BCUT2D eigenvalue weighted by molar-refractivity contribution is -0.384. The van der Waals surface area contributed by atoms with Crippen LogP contribution in [0.15, 0.2) is 42.5 Å². The monoisotopic (exact) mass is 311 g/mol. The first-order valence-corrected chi connectivity index (χ1v) is 7.73. The third-order valence-corrected chi connectivity index (χ3v) is 4.41. The van der Waals surface area contributed by atoms with Gasteiger partial charge in [-0.2, -0.15) is 0 Å². The van der Waals surface area contributed by atoms with Crippen LogP contribution in [0.3, 0.4) is 0 Å². The van der Waals surface area contributed by atoms with Crippen LogP contribution in [-0.4, -0.2) is 36.0 Å². The number of hydrogen-bond donors (Lipinski definition) is 1. The van der Waals surface area contributed by atoms with E-state index < -0.39 is 0 Å². The molecule has 0 aliphatic carbocycles. The van der Waals surface area contributed by atoms with Gasteiger partial charge in [0.05, 0.1) is 4.92 Å². The summed E-state index contributed by atoms with van der Waals surface area (Å²) in [4.78, 5) is 13.0. The molecule has 118 valence electrons. The second-order valence-electron chi connectivity index (χ2n) is 5.78. The van der Waals surface area contributed by atoms with Crippen molar-refractivity contribution in [2.75, 3.05) is 26.2 Å². The van der Waals surface area contributed by atoms with Crippen LogP contribution in [-0.2, 0) is 0 Å². The fraction of sp³-hybridized carbons (Fsp3) is 0.294. The summed E-state index contributed by atoms with van der Waals surface area (Å²) in [5.41, 5.74) is 2.97. The molecule has 2 aliphatic heterocycles. The predicted octanol–water partition coefficient (Wildman–Crippen LogP) is 2.56. The molecule has 0 bridgehead atoms. The Bertz CT molecular complexity index is 756. The van der Waals surface area contributed by atoms with Crippen LogP contribution < -0.4 is 10.1 Å².